The molecule has 2 aliphatic rings. The molecule has 2 aliphatic carbocycles. The van der Waals surface area contributed by atoms with Crippen LogP contribution in [0.15, 0.2) is 0 Å². The number of fused-ring (bicyclic) bond motifs is 1. The smallest absolute Gasteiger partial charge is 0.324 e. The molecule has 2 saturated carbocycles. The molecular formula is C9H11NO6. The SMILES string of the molecule is NC1(C(=O)O)CC(C(=O)O)C2C(C(=O)O)C21. The molecule has 0 bridgehead atoms. The number of hydrogen-bond donors (Lipinski definition) is 4. The lowest BCUT2D eigenvalue weighted by molar-refractivity contribution is -0.147. The van der Waals surface area contributed by atoms with Crippen LogP contribution in [-0.4, -0.2) is 38.8 Å². The standard InChI is InChI=1S/C9H11NO6/c10-9(8(15)16)1-2(6(11)12)3-4(5(3)9)7(13)14/h2-5H,1,10H2,(H,11,12)(H,13,14)(H,15,16). The number of carbonyl (C=O) groups is 3. The first-order chi connectivity index (χ1) is 7.30. The van der Waals surface area contributed by atoms with Gasteiger partial charge in [-0.3, -0.25) is 14.4 Å². The Labute approximate surface area is 89.9 Å². The van der Waals surface area contributed by atoms with Crippen LogP contribution in [0.5, 0.6) is 0 Å². The summed E-state index contributed by atoms with van der Waals surface area (Å²) >= 11 is 0. The van der Waals surface area contributed by atoms with Crippen molar-refractivity contribution in [3.63, 3.8) is 0 Å². The zero-order valence-corrected chi connectivity index (χ0v) is 8.16. The molecule has 0 spiro atoms. The van der Waals surface area contributed by atoms with Gasteiger partial charge in [0.1, 0.15) is 5.54 Å². The Balaban J connectivity index is 2.32. The second-order valence-electron chi connectivity index (χ2n) is 4.46. The van der Waals surface area contributed by atoms with Crippen LogP contribution in [0, 0.1) is 23.7 Å². The molecule has 7 heteroatoms. The van der Waals surface area contributed by atoms with Gasteiger partial charge in [0.05, 0.1) is 11.8 Å². The highest BCUT2D eigenvalue weighted by Gasteiger charge is 2.75. The van der Waals surface area contributed by atoms with Crippen molar-refractivity contribution in [1.29, 1.82) is 0 Å². The maximum Gasteiger partial charge on any atom is 0.324 e. The van der Waals surface area contributed by atoms with E-state index in [2.05, 4.69) is 0 Å². The molecule has 5 unspecified atom stereocenters. The predicted molar refractivity (Wildman–Crippen MR) is 48.4 cm³/mol. The summed E-state index contributed by atoms with van der Waals surface area (Å²) in [6.45, 7) is 0. The van der Waals surface area contributed by atoms with Gasteiger partial charge >= 0.3 is 17.9 Å². The normalized spacial score (nSPS) is 44.8. The Bertz CT molecular complexity index is 393. The number of rotatable bonds is 3. The average Bonchev–Trinajstić information content (AvgIpc) is 2.81. The van der Waals surface area contributed by atoms with Crippen molar-refractivity contribution in [1.82, 2.24) is 0 Å². The van der Waals surface area contributed by atoms with E-state index in [1.54, 1.807) is 0 Å². The first kappa shape index (κ1) is 10.9. The molecule has 16 heavy (non-hydrogen) atoms. The quantitative estimate of drug-likeness (QED) is 0.477. The molecule has 0 aliphatic heterocycles. The van der Waals surface area contributed by atoms with Crippen molar-refractivity contribution in [3.8, 4) is 0 Å². The molecule has 88 valence electrons. The number of aliphatic carboxylic acids is 3. The van der Waals surface area contributed by atoms with E-state index in [1.165, 1.54) is 0 Å². The minimum atomic E-state index is -1.71. The van der Waals surface area contributed by atoms with E-state index in [0.717, 1.165) is 0 Å². The molecule has 2 fully saturated rings. The summed E-state index contributed by atoms with van der Waals surface area (Å²) in [5.41, 5.74) is 3.91. The fourth-order valence-electron chi connectivity index (χ4n) is 2.93. The lowest BCUT2D eigenvalue weighted by atomic mass is 9.88. The zero-order valence-electron chi connectivity index (χ0n) is 8.16. The van der Waals surface area contributed by atoms with Crippen LogP contribution in [0.25, 0.3) is 0 Å². The molecule has 7 nitrogen and oxygen atoms in total. The van der Waals surface area contributed by atoms with Crippen LogP contribution in [0.3, 0.4) is 0 Å². The van der Waals surface area contributed by atoms with Crippen LogP contribution in [0.2, 0.25) is 0 Å². The van der Waals surface area contributed by atoms with Crippen molar-refractivity contribution >= 4 is 17.9 Å². The maximum atomic E-state index is 11.0. The topological polar surface area (TPSA) is 138 Å². The van der Waals surface area contributed by atoms with E-state index in [1.807, 2.05) is 0 Å². The Morgan fingerprint density at radius 1 is 1.12 bits per heavy atom. The number of hydrogen-bond acceptors (Lipinski definition) is 4. The van der Waals surface area contributed by atoms with Gasteiger partial charge in [0, 0.05) is 5.92 Å². The second-order valence-corrected chi connectivity index (χ2v) is 4.46. The van der Waals surface area contributed by atoms with Crippen LogP contribution >= 0.6 is 0 Å². The highest BCUT2D eigenvalue weighted by atomic mass is 16.4. The van der Waals surface area contributed by atoms with Gasteiger partial charge in [-0.1, -0.05) is 0 Å². The third-order valence-corrected chi connectivity index (χ3v) is 3.69. The van der Waals surface area contributed by atoms with E-state index < -0.39 is 47.1 Å². The maximum absolute atomic E-state index is 11.0. The zero-order chi connectivity index (χ0) is 12.2. The molecular weight excluding hydrogens is 218 g/mol. The second kappa shape index (κ2) is 2.94. The van der Waals surface area contributed by atoms with E-state index in [-0.39, 0.29) is 6.42 Å². The molecule has 5 N–H and O–H groups in total. The predicted octanol–water partition coefficient (Wildman–Crippen LogP) is -1.18. The summed E-state index contributed by atoms with van der Waals surface area (Å²) in [7, 11) is 0. The molecule has 0 radical (unpaired) electrons. The van der Waals surface area contributed by atoms with Crippen LogP contribution in [0.4, 0.5) is 0 Å². The van der Waals surface area contributed by atoms with Gasteiger partial charge in [0.2, 0.25) is 0 Å². The molecule has 0 saturated heterocycles. The first-order valence-corrected chi connectivity index (χ1v) is 4.78. The Morgan fingerprint density at radius 3 is 2.06 bits per heavy atom. The van der Waals surface area contributed by atoms with Gasteiger partial charge in [0.25, 0.3) is 0 Å². The van der Waals surface area contributed by atoms with Crippen molar-refractivity contribution in [2.24, 2.45) is 29.4 Å². The Hall–Kier alpha value is -1.63. The highest BCUT2D eigenvalue weighted by molar-refractivity contribution is 5.88. The van der Waals surface area contributed by atoms with E-state index in [4.69, 9.17) is 21.1 Å². The minimum absolute atomic E-state index is 0.198. The van der Waals surface area contributed by atoms with Gasteiger partial charge in [-0.2, -0.15) is 0 Å². The van der Waals surface area contributed by atoms with Crippen molar-refractivity contribution in [3.05, 3.63) is 0 Å². The molecule has 0 aromatic rings. The number of nitrogens with two attached hydrogens (primary N) is 1. The summed E-state index contributed by atoms with van der Waals surface area (Å²) in [5.74, 6) is -6.97. The van der Waals surface area contributed by atoms with Crippen molar-refractivity contribution < 1.29 is 29.7 Å². The molecule has 2 rings (SSSR count). The molecule has 0 aromatic heterocycles. The van der Waals surface area contributed by atoms with Crippen LogP contribution in [0.1, 0.15) is 6.42 Å². The summed E-state index contributed by atoms with van der Waals surface area (Å²) in [5, 5.41) is 26.7. The molecule has 0 heterocycles. The lowest BCUT2D eigenvalue weighted by Gasteiger charge is -2.22. The lowest BCUT2D eigenvalue weighted by Crippen LogP contribution is -2.50. The summed E-state index contributed by atoms with van der Waals surface area (Å²) in [6.07, 6.45) is -0.198. The third kappa shape index (κ3) is 1.15. The highest BCUT2D eigenvalue weighted by Crippen LogP contribution is 2.64. The number of carboxylic acid groups (broad SMARTS) is 3. The summed E-state index contributed by atoms with van der Waals surface area (Å²) in [4.78, 5) is 32.7. The van der Waals surface area contributed by atoms with Gasteiger partial charge in [-0.05, 0) is 12.3 Å². The van der Waals surface area contributed by atoms with Crippen LogP contribution in [-0.2, 0) is 14.4 Å². The third-order valence-electron chi connectivity index (χ3n) is 3.69. The molecule has 0 aromatic carbocycles. The fourth-order valence-corrected chi connectivity index (χ4v) is 2.93. The largest absolute Gasteiger partial charge is 0.481 e. The van der Waals surface area contributed by atoms with E-state index in [9.17, 15) is 14.4 Å². The minimum Gasteiger partial charge on any atom is -0.481 e. The van der Waals surface area contributed by atoms with Crippen molar-refractivity contribution in [2.75, 3.05) is 0 Å². The Morgan fingerprint density at radius 2 is 1.69 bits per heavy atom. The average molecular weight is 229 g/mol. The van der Waals surface area contributed by atoms with Crippen LogP contribution < -0.4 is 5.73 Å². The molecule has 0 amide bonds. The van der Waals surface area contributed by atoms with E-state index in [0.29, 0.717) is 0 Å². The van der Waals surface area contributed by atoms with Crippen molar-refractivity contribution in [2.45, 2.75) is 12.0 Å². The monoisotopic (exact) mass is 229 g/mol. The van der Waals surface area contributed by atoms with Gasteiger partial charge in [0.15, 0.2) is 0 Å². The van der Waals surface area contributed by atoms with Gasteiger partial charge in [-0.15, -0.1) is 0 Å². The van der Waals surface area contributed by atoms with Gasteiger partial charge in [-0.25, -0.2) is 0 Å². The molecule has 5 atom stereocenters. The van der Waals surface area contributed by atoms with Gasteiger partial charge < -0.3 is 21.1 Å². The summed E-state index contributed by atoms with van der Waals surface area (Å²) in [6, 6.07) is 0. The summed E-state index contributed by atoms with van der Waals surface area (Å²) < 4.78 is 0. The fraction of sp³-hybridized carbons (Fsp3) is 0.667. The van der Waals surface area contributed by atoms with E-state index >= 15 is 0 Å². The number of carboxylic acids is 3. The first-order valence-electron chi connectivity index (χ1n) is 4.78. The Kier molecular flexibility index (Phi) is 2.00.